The van der Waals surface area contributed by atoms with Gasteiger partial charge >= 0.3 is 5.97 Å². The first-order valence-corrected chi connectivity index (χ1v) is 7.57. The highest BCUT2D eigenvalue weighted by Crippen LogP contribution is 2.22. The summed E-state index contributed by atoms with van der Waals surface area (Å²) in [6.45, 7) is 1.32. The predicted octanol–water partition coefficient (Wildman–Crippen LogP) is 0.0251. The van der Waals surface area contributed by atoms with Crippen molar-refractivity contribution in [2.75, 3.05) is 24.7 Å². The number of anilines is 2. The van der Waals surface area contributed by atoms with Crippen molar-refractivity contribution >= 4 is 29.0 Å². The van der Waals surface area contributed by atoms with Crippen LogP contribution >= 0.6 is 0 Å². The minimum absolute atomic E-state index is 0.0118. The van der Waals surface area contributed by atoms with Crippen LogP contribution in [0, 0.1) is 6.92 Å². The largest absolute Gasteiger partial charge is 0.454 e. The number of aryl methyl sites for hydroxylation is 2. The molecule has 3 rings (SSSR count). The molecule has 136 valence electrons. The molecule has 0 amide bonds. The Hall–Kier alpha value is -3.50. The lowest BCUT2D eigenvalue weighted by molar-refractivity contribution is 0.0462. The van der Waals surface area contributed by atoms with Gasteiger partial charge in [0.25, 0.3) is 5.56 Å². The summed E-state index contributed by atoms with van der Waals surface area (Å²) in [4.78, 5) is 42.5. The number of aromatic nitrogens is 5. The van der Waals surface area contributed by atoms with Gasteiger partial charge in [0.1, 0.15) is 23.0 Å². The summed E-state index contributed by atoms with van der Waals surface area (Å²) in [6.07, 6.45) is 1.32. The van der Waals surface area contributed by atoms with Crippen molar-refractivity contribution in [1.29, 1.82) is 0 Å². The van der Waals surface area contributed by atoms with Gasteiger partial charge in [-0.2, -0.15) is 15.0 Å². The summed E-state index contributed by atoms with van der Waals surface area (Å²) in [6, 6.07) is 0. The number of fused-ring (bicyclic) bond motifs is 1. The number of carbonyl (C=O) groups excluding carboxylic acids is 1. The van der Waals surface area contributed by atoms with E-state index in [1.807, 2.05) is 0 Å². The number of hydrogen-bond acceptors (Lipinski definition) is 10. The van der Waals surface area contributed by atoms with E-state index in [0.29, 0.717) is 5.95 Å². The number of rotatable bonds is 4. The van der Waals surface area contributed by atoms with E-state index >= 15 is 0 Å². The summed E-state index contributed by atoms with van der Waals surface area (Å²) in [5.41, 5.74) is 5.34. The van der Waals surface area contributed by atoms with Gasteiger partial charge in [-0.3, -0.25) is 4.79 Å². The van der Waals surface area contributed by atoms with E-state index in [1.54, 1.807) is 25.9 Å². The van der Waals surface area contributed by atoms with Gasteiger partial charge in [-0.15, -0.1) is 0 Å². The molecule has 0 unspecified atom stereocenters. The van der Waals surface area contributed by atoms with Crippen molar-refractivity contribution in [3.63, 3.8) is 0 Å². The van der Waals surface area contributed by atoms with Gasteiger partial charge in [-0.1, -0.05) is 0 Å². The summed E-state index contributed by atoms with van der Waals surface area (Å²) in [5.74, 6) is 0.0389. The highest BCUT2D eigenvalue weighted by molar-refractivity contribution is 6.03. The molecule has 11 heteroatoms. The van der Waals surface area contributed by atoms with Crippen LogP contribution in [-0.4, -0.2) is 44.6 Å². The molecule has 0 aliphatic rings. The first-order valence-electron chi connectivity index (χ1n) is 7.57. The van der Waals surface area contributed by atoms with Crippen molar-refractivity contribution in [3.05, 3.63) is 33.8 Å². The summed E-state index contributed by atoms with van der Waals surface area (Å²) in [5, 5.41) is 0.0710. The van der Waals surface area contributed by atoms with E-state index < -0.39 is 11.5 Å². The molecular weight excluding hydrogens is 342 g/mol. The highest BCUT2D eigenvalue weighted by atomic mass is 16.5. The Morgan fingerprint density at radius 3 is 2.77 bits per heavy atom. The minimum Gasteiger partial charge on any atom is -0.454 e. The summed E-state index contributed by atoms with van der Waals surface area (Å²) in [7, 11) is 5.02. The Kier molecular flexibility index (Phi) is 4.28. The van der Waals surface area contributed by atoms with Crippen LogP contribution in [0.25, 0.3) is 11.1 Å². The Morgan fingerprint density at radius 1 is 1.35 bits per heavy atom. The van der Waals surface area contributed by atoms with Gasteiger partial charge in [0.05, 0.1) is 0 Å². The molecule has 2 N–H and O–H groups in total. The quantitative estimate of drug-likeness (QED) is 0.633. The van der Waals surface area contributed by atoms with Crippen LogP contribution in [0.2, 0.25) is 0 Å². The van der Waals surface area contributed by atoms with Crippen molar-refractivity contribution in [2.24, 2.45) is 7.05 Å². The van der Waals surface area contributed by atoms with E-state index in [-0.39, 0.29) is 40.8 Å². The maximum absolute atomic E-state index is 12.5. The molecule has 11 nitrogen and oxygen atoms in total. The maximum Gasteiger partial charge on any atom is 0.343 e. The molecule has 0 atom stereocenters. The van der Waals surface area contributed by atoms with Gasteiger partial charge in [0.2, 0.25) is 17.6 Å². The fraction of sp³-hybridized carbons (Fsp3) is 0.333. The first-order chi connectivity index (χ1) is 12.3. The van der Waals surface area contributed by atoms with Crippen molar-refractivity contribution < 1.29 is 13.9 Å². The lowest BCUT2D eigenvalue weighted by Crippen LogP contribution is -2.19. The third kappa shape index (κ3) is 3.06. The molecule has 3 aromatic rings. The number of nitrogens with two attached hydrogens (primary N) is 1. The topological polar surface area (TPSA) is 142 Å². The van der Waals surface area contributed by atoms with Crippen LogP contribution in [0.4, 0.5) is 11.9 Å². The molecule has 0 aliphatic carbocycles. The van der Waals surface area contributed by atoms with Crippen LogP contribution in [0.1, 0.15) is 21.9 Å². The molecule has 0 saturated heterocycles. The second kappa shape index (κ2) is 6.43. The number of hydrogen-bond donors (Lipinski definition) is 1. The number of esters is 1. The standard InChI is InChI=1S/C15H17N7O4/c1-7-9(10-11(26-7)17-6-22(4)12(10)23)13(24)25-5-8-18-14(16)20-15(19-8)21(2)3/h6H,5H2,1-4H3,(H2,16,18,19,20). The van der Waals surface area contributed by atoms with E-state index in [1.165, 1.54) is 17.9 Å². The number of nitrogen functional groups attached to an aromatic ring is 1. The van der Waals surface area contributed by atoms with E-state index in [4.69, 9.17) is 14.9 Å². The fourth-order valence-electron chi connectivity index (χ4n) is 2.32. The lowest BCUT2D eigenvalue weighted by atomic mass is 10.2. The number of furan rings is 1. The van der Waals surface area contributed by atoms with Gasteiger partial charge < -0.3 is 24.4 Å². The maximum atomic E-state index is 12.5. The van der Waals surface area contributed by atoms with Crippen molar-refractivity contribution in [1.82, 2.24) is 24.5 Å². The van der Waals surface area contributed by atoms with Crippen molar-refractivity contribution in [3.8, 4) is 0 Å². The molecule has 3 aromatic heterocycles. The molecule has 0 aliphatic heterocycles. The number of carbonyl (C=O) groups is 1. The zero-order chi connectivity index (χ0) is 19.0. The molecule has 0 spiro atoms. The smallest absolute Gasteiger partial charge is 0.343 e. The Labute approximate surface area is 147 Å². The van der Waals surface area contributed by atoms with Gasteiger partial charge in [-0.05, 0) is 6.92 Å². The van der Waals surface area contributed by atoms with Gasteiger partial charge in [-0.25, -0.2) is 9.78 Å². The second-order valence-electron chi connectivity index (χ2n) is 5.75. The normalized spacial score (nSPS) is 10.9. The minimum atomic E-state index is -0.739. The first kappa shape index (κ1) is 17.3. The van der Waals surface area contributed by atoms with E-state index in [2.05, 4.69) is 19.9 Å². The van der Waals surface area contributed by atoms with Gasteiger partial charge in [0.15, 0.2) is 12.4 Å². The van der Waals surface area contributed by atoms with Crippen LogP contribution in [0.3, 0.4) is 0 Å². The second-order valence-corrected chi connectivity index (χ2v) is 5.75. The SMILES string of the molecule is Cc1oc2ncn(C)c(=O)c2c1C(=O)OCc1nc(N)nc(N(C)C)n1. The molecule has 0 radical (unpaired) electrons. The zero-order valence-electron chi connectivity index (χ0n) is 14.7. The Bertz CT molecular complexity index is 1050. The average molecular weight is 359 g/mol. The molecule has 0 bridgehead atoms. The van der Waals surface area contributed by atoms with Gasteiger partial charge in [0, 0.05) is 21.1 Å². The Balaban J connectivity index is 1.90. The fourth-order valence-corrected chi connectivity index (χ4v) is 2.32. The van der Waals surface area contributed by atoms with E-state index in [0.717, 1.165) is 0 Å². The average Bonchev–Trinajstić information content (AvgIpc) is 2.92. The summed E-state index contributed by atoms with van der Waals surface area (Å²) < 4.78 is 11.9. The molecule has 3 heterocycles. The monoisotopic (exact) mass is 359 g/mol. The highest BCUT2D eigenvalue weighted by Gasteiger charge is 2.24. The Morgan fingerprint density at radius 2 is 2.08 bits per heavy atom. The molecule has 0 saturated carbocycles. The molecule has 0 aromatic carbocycles. The number of ether oxygens (including phenoxy) is 1. The summed E-state index contributed by atoms with van der Waals surface area (Å²) >= 11 is 0. The van der Waals surface area contributed by atoms with Crippen LogP contribution in [0.15, 0.2) is 15.5 Å². The van der Waals surface area contributed by atoms with E-state index in [9.17, 15) is 9.59 Å². The molecular formula is C15H17N7O4. The predicted molar refractivity (Wildman–Crippen MR) is 91.7 cm³/mol. The molecule has 0 fully saturated rings. The molecule has 26 heavy (non-hydrogen) atoms. The zero-order valence-corrected chi connectivity index (χ0v) is 14.7. The van der Waals surface area contributed by atoms with Crippen LogP contribution in [0.5, 0.6) is 0 Å². The van der Waals surface area contributed by atoms with Crippen molar-refractivity contribution in [2.45, 2.75) is 13.5 Å². The number of nitrogens with zero attached hydrogens (tertiary/aromatic N) is 6. The third-order valence-electron chi connectivity index (χ3n) is 3.57. The van der Waals surface area contributed by atoms with Crippen LogP contribution < -0.4 is 16.2 Å². The third-order valence-corrected chi connectivity index (χ3v) is 3.57. The lowest BCUT2D eigenvalue weighted by Gasteiger charge is -2.11. The van der Waals surface area contributed by atoms with Crippen LogP contribution in [-0.2, 0) is 18.4 Å².